The number of anilines is 2. The topological polar surface area (TPSA) is 136 Å². The van der Waals surface area contributed by atoms with Crippen molar-refractivity contribution in [1.29, 1.82) is 0 Å². The van der Waals surface area contributed by atoms with Gasteiger partial charge in [-0.1, -0.05) is 42.5 Å². The molecule has 0 aliphatic heterocycles. The van der Waals surface area contributed by atoms with E-state index in [-0.39, 0.29) is 36.6 Å². The standard InChI is InChI=1S/C23H22N6O4/c1-27(18(30)11-12-28-14-25-17-10-6-5-9-16(17)22(28)32)19-20(24)29(23(33)26-21(19)31)13-15-7-3-2-4-8-15/h2-10,14H,11-13,24H2,1H3,(H,26,31,33). The minimum atomic E-state index is -0.762. The molecule has 33 heavy (non-hydrogen) atoms. The molecule has 2 heterocycles. The third kappa shape index (κ3) is 4.31. The number of aromatic nitrogens is 4. The number of hydrogen-bond donors (Lipinski definition) is 2. The Labute approximate surface area is 187 Å². The van der Waals surface area contributed by atoms with Crippen LogP contribution >= 0.6 is 0 Å². The molecule has 168 valence electrons. The molecule has 0 saturated heterocycles. The number of nitrogens with two attached hydrogens (primary N) is 1. The van der Waals surface area contributed by atoms with E-state index in [9.17, 15) is 19.2 Å². The van der Waals surface area contributed by atoms with Gasteiger partial charge in [-0.25, -0.2) is 9.78 Å². The molecule has 4 aromatic rings. The molecule has 0 unspecified atom stereocenters. The molecule has 0 aliphatic carbocycles. The molecule has 2 aromatic carbocycles. The van der Waals surface area contributed by atoms with Crippen LogP contribution in [0.1, 0.15) is 12.0 Å². The van der Waals surface area contributed by atoms with Crippen LogP contribution in [0.2, 0.25) is 0 Å². The fraction of sp³-hybridized carbons (Fsp3) is 0.174. The Kier molecular flexibility index (Phi) is 5.90. The number of fused-ring (bicyclic) bond motifs is 1. The molecule has 0 bridgehead atoms. The monoisotopic (exact) mass is 446 g/mol. The van der Waals surface area contributed by atoms with Gasteiger partial charge in [0.15, 0.2) is 5.69 Å². The van der Waals surface area contributed by atoms with Gasteiger partial charge in [-0.2, -0.15) is 0 Å². The number of nitrogens with zero attached hydrogens (tertiary/aromatic N) is 4. The Morgan fingerprint density at radius 2 is 1.76 bits per heavy atom. The lowest BCUT2D eigenvalue weighted by Crippen LogP contribution is -2.39. The van der Waals surface area contributed by atoms with E-state index in [2.05, 4.69) is 9.97 Å². The number of carbonyl (C=O) groups excluding carboxylic acids is 1. The second kappa shape index (κ2) is 8.95. The van der Waals surface area contributed by atoms with Crippen molar-refractivity contribution in [2.75, 3.05) is 17.7 Å². The third-order valence-electron chi connectivity index (χ3n) is 5.41. The van der Waals surface area contributed by atoms with Gasteiger partial charge in [0, 0.05) is 20.0 Å². The largest absolute Gasteiger partial charge is 0.383 e. The maximum absolute atomic E-state index is 12.8. The second-order valence-corrected chi connectivity index (χ2v) is 7.53. The first-order chi connectivity index (χ1) is 15.9. The molecule has 3 N–H and O–H groups in total. The molecular formula is C23H22N6O4. The number of H-pyrrole nitrogens is 1. The molecule has 0 fully saturated rings. The minimum absolute atomic E-state index is 0.0707. The van der Waals surface area contributed by atoms with Gasteiger partial charge >= 0.3 is 5.69 Å². The summed E-state index contributed by atoms with van der Waals surface area (Å²) in [6.07, 6.45) is 1.31. The summed E-state index contributed by atoms with van der Waals surface area (Å²) in [6.45, 7) is 0.205. The van der Waals surface area contributed by atoms with Crippen molar-refractivity contribution in [3.63, 3.8) is 0 Å². The maximum Gasteiger partial charge on any atom is 0.330 e. The summed E-state index contributed by atoms with van der Waals surface area (Å²) in [5, 5.41) is 0.453. The summed E-state index contributed by atoms with van der Waals surface area (Å²) < 4.78 is 2.55. The summed E-state index contributed by atoms with van der Waals surface area (Å²) in [5.74, 6) is -0.565. The molecule has 1 amide bonds. The van der Waals surface area contributed by atoms with Crippen molar-refractivity contribution >= 4 is 28.3 Å². The molecule has 4 rings (SSSR count). The van der Waals surface area contributed by atoms with E-state index in [0.717, 1.165) is 10.5 Å². The van der Waals surface area contributed by atoms with Crippen LogP contribution < -0.4 is 27.4 Å². The highest BCUT2D eigenvalue weighted by molar-refractivity contribution is 5.95. The van der Waals surface area contributed by atoms with Gasteiger partial charge in [0.2, 0.25) is 5.91 Å². The molecule has 0 atom stereocenters. The Balaban J connectivity index is 1.58. The smallest absolute Gasteiger partial charge is 0.330 e. The molecule has 2 aromatic heterocycles. The number of aryl methyl sites for hydroxylation is 1. The highest BCUT2D eigenvalue weighted by Gasteiger charge is 2.21. The summed E-state index contributed by atoms with van der Waals surface area (Å²) in [4.78, 5) is 57.9. The fourth-order valence-corrected chi connectivity index (χ4v) is 3.60. The van der Waals surface area contributed by atoms with E-state index in [1.807, 2.05) is 30.3 Å². The van der Waals surface area contributed by atoms with Crippen LogP contribution in [0.3, 0.4) is 0 Å². The van der Waals surface area contributed by atoms with Crippen LogP contribution in [-0.4, -0.2) is 32.1 Å². The van der Waals surface area contributed by atoms with Crippen molar-refractivity contribution in [2.45, 2.75) is 19.5 Å². The lowest BCUT2D eigenvalue weighted by Gasteiger charge is -2.20. The van der Waals surface area contributed by atoms with Crippen LogP contribution in [0.25, 0.3) is 10.9 Å². The number of para-hydroxylation sites is 1. The number of benzene rings is 2. The predicted molar refractivity (Wildman–Crippen MR) is 125 cm³/mol. The van der Waals surface area contributed by atoms with Crippen molar-refractivity contribution < 1.29 is 4.79 Å². The average Bonchev–Trinajstić information content (AvgIpc) is 2.81. The van der Waals surface area contributed by atoms with Gasteiger partial charge in [-0.05, 0) is 17.7 Å². The molecular weight excluding hydrogens is 424 g/mol. The van der Waals surface area contributed by atoms with E-state index in [4.69, 9.17) is 5.73 Å². The van der Waals surface area contributed by atoms with Crippen molar-refractivity contribution in [3.8, 4) is 0 Å². The third-order valence-corrected chi connectivity index (χ3v) is 5.41. The molecule has 0 aliphatic rings. The number of nitrogen functional groups attached to an aromatic ring is 1. The van der Waals surface area contributed by atoms with Gasteiger partial charge in [0.1, 0.15) is 5.82 Å². The van der Waals surface area contributed by atoms with Gasteiger partial charge in [-0.15, -0.1) is 0 Å². The van der Waals surface area contributed by atoms with Crippen LogP contribution in [0.5, 0.6) is 0 Å². The Morgan fingerprint density at radius 1 is 1.06 bits per heavy atom. The Bertz CT molecular complexity index is 1500. The molecule has 10 nitrogen and oxygen atoms in total. The zero-order valence-corrected chi connectivity index (χ0v) is 17.9. The zero-order chi connectivity index (χ0) is 23.5. The fourth-order valence-electron chi connectivity index (χ4n) is 3.60. The summed E-state index contributed by atoms with van der Waals surface area (Å²) >= 11 is 0. The molecule has 0 radical (unpaired) electrons. The zero-order valence-electron chi connectivity index (χ0n) is 17.9. The predicted octanol–water partition coefficient (Wildman–Crippen LogP) is 0.930. The van der Waals surface area contributed by atoms with E-state index in [0.29, 0.717) is 10.9 Å². The van der Waals surface area contributed by atoms with Crippen molar-refractivity contribution in [2.24, 2.45) is 0 Å². The number of carbonyl (C=O) groups is 1. The lowest BCUT2D eigenvalue weighted by molar-refractivity contribution is -0.118. The van der Waals surface area contributed by atoms with Gasteiger partial charge in [0.25, 0.3) is 11.1 Å². The Hall–Kier alpha value is -4.47. The lowest BCUT2D eigenvalue weighted by atomic mass is 10.2. The van der Waals surface area contributed by atoms with Gasteiger partial charge in [-0.3, -0.25) is 28.5 Å². The van der Waals surface area contributed by atoms with Crippen LogP contribution in [0.15, 0.2) is 75.3 Å². The second-order valence-electron chi connectivity index (χ2n) is 7.53. The highest BCUT2D eigenvalue weighted by atomic mass is 16.2. The average molecular weight is 446 g/mol. The number of nitrogens with one attached hydrogen (secondary N) is 1. The first kappa shape index (κ1) is 21.8. The Morgan fingerprint density at radius 3 is 2.52 bits per heavy atom. The number of amides is 1. The number of aromatic amines is 1. The van der Waals surface area contributed by atoms with E-state index >= 15 is 0 Å². The quantitative estimate of drug-likeness (QED) is 0.452. The van der Waals surface area contributed by atoms with Crippen LogP contribution in [0, 0.1) is 0 Å². The molecule has 0 spiro atoms. The van der Waals surface area contributed by atoms with Crippen molar-refractivity contribution in [3.05, 3.63) is 97.7 Å². The SMILES string of the molecule is CN(C(=O)CCn1cnc2ccccc2c1=O)c1c(N)n(Cc2ccccc2)c(=O)[nH]c1=O. The number of rotatable bonds is 6. The normalized spacial score (nSPS) is 10.9. The summed E-state index contributed by atoms with van der Waals surface area (Å²) in [7, 11) is 1.40. The maximum atomic E-state index is 12.8. The van der Waals surface area contributed by atoms with Gasteiger partial charge < -0.3 is 10.6 Å². The minimum Gasteiger partial charge on any atom is -0.383 e. The summed E-state index contributed by atoms with van der Waals surface area (Å²) in [5.41, 5.74) is 5.71. The molecule has 10 heteroatoms. The summed E-state index contributed by atoms with van der Waals surface area (Å²) in [6, 6.07) is 16.1. The first-order valence-corrected chi connectivity index (χ1v) is 10.2. The first-order valence-electron chi connectivity index (χ1n) is 10.2. The van der Waals surface area contributed by atoms with E-state index < -0.39 is 17.2 Å². The van der Waals surface area contributed by atoms with Crippen LogP contribution in [-0.2, 0) is 17.9 Å². The van der Waals surface area contributed by atoms with Crippen LogP contribution in [0.4, 0.5) is 11.5 Å². The van der Waals surface area contributed by atoms with Crippen molar-refractivity contribution in [1.82, 2.24) is 19.1 Å². The van der Waals surface area contributed by atoms with E-state index in [1.54, 1.807) is 24.3 Å². The van der Waals surface area contributed by atoms with Gasteiger partial charge in [0.05, 0.1) is 23.8 Å². The molecule has 0 saturated carbocycles. The highest BCUT2D eigenvalue weighted by Crippen LogP contribution is 2.17. The van der Waals surface area contributed by atoms with E-state index in [1.165, 1.54) is 22.5 Å². The number of hydrogen-bond acceptors (Lipinski definition) is 6.